The number of rotatable bonds is 6. The van der Waals surface area contributed by atoms with Crippen molar-refractivity contribution in [2.75, 3.05) is 32.7 Å². The van der Waals surface area contributed by atoms with Crippen LogP contribution in [0.1, 0.15) is 0 Å². The molecule has 0 saturated heterocycles. The lowest BCUT2D eigenvalue weighted by atomic mass is 10.3. The van der Waals surface area contributed by atoms with Crippen LogP contribution in [0.4, 0.5) is 10.5 Å². The van der Waals surface area contributed by atoms with Gasteiger partial charge in [-0.1, -0.05) is 11.8 Å². The predicted octanol–water partition coefficient (Wildman–Crippen LogP) is 2.30. The van der Waals surface area contributed by atoms with Gasteiger partial charge in [0.05, 0.1) is 27.0 Å². The molecule has 0 bridgehead atoms. The average molecular weight is 341 g/mol. The van der Waals surface area contributed by atoms with Crippen molar-refractivity contribution in [1.82, 2.24) is 10.3 Å². The molecule has 0 spiro atoms. The minimum Gasteiger partial charge on any atom is -0.493 e. The molecule has 1 heterocycles. The first-order valence-electron chi connectivity index (χ1n) is 7.48. The summed E-state index contributed by atoms with van der Waals surface area (Å²) in [6.45, 7) is 0.431. The Balaban J connectivity index is 1.73. The number of carbonyl (C=O) groups is 1. The van der Waals surface area contributed by atoms with Gasteiger partial charge in [-0.05, 0) is 24.3 Å². The number of nitrogens with one attached hydrogen (secondary N) is 2. The molecule has 0 aliphatic rings. The zero-order valence-corrected chi connectivity index (χ0v) is 14.0. The van der Waals surface area contributed by atoms with E-state index in [4.69, 9.17) is 14.2 Å². The lowest BCUT2D eigenvalue weighted by Gasteiger charge is -2.10. The molecule has 130 valence electrons. The number of anilines is 1. The summed E-state index contributed by atoms with van der Waals surface area (Å²) in [5.41, 5.74) is 0.586. The maximum absolute atomic E-state index is 11.8. The first kappa shape index (κ1) is 17.9. The van der Waals surface area contributed by atoms with Crippen molar-refractivity contribution >= 4 is 11.7 Å². The van der Waals surface area contributed by atoms with Crippen LogP contribution in [0.5, 0.6) is 17.2 Å². The molecule has 0 aliphatic heterocycles. The van der Waals surface area contributed by atoms with Crippen molar-refractivity contribution in [2.24, 2.45) is 0 Å². The molecule has 2 amide bonds. The Labute approximate surface area is 146 Å². The highest BCUT2D eigenvalue weighted by atomic mass is 16.5. The van der Waals surface area contributed by atoms with Gasteiger partial charge >= 0.3 is 6.03 Å². The molecule has 0 saturated carbocycles. The summed E-state index contributed by atoms with van der Waals surface area (Å²) in [7, 11) is 3.08. The van der Waals surface area contributed by atoms with E-state index < -0.39 is 0 Å². The topological polar surface area (TPSA) is 81.7 Å². The Morgan fingerprint density at radius 1 is 1.16 bits per heavy atom. The SMILES string of the molecule is COc1ccc(NC(=O)NCC#CCOc2cccnc2)cc1OC. The van der Waals surface area contributed by atoms with Gasteiger partial charge in [0.25, 0.3) is 0 Å². The second kappa shape index (κ2) is 9.67. The minimum atomic E-state index is -0.366. The number of aromatic nitrogens is 1. The number of nitrogens with zero attached hydrogens (tertiary/aromatic N) is 1. The molecular formula is C18H19N3O4. The van der Waals surface area contributed by atoms with E-state index in [0.717, 1.165) is 0 Å². The van der Waals surface area contributed by atoms with Crippen molar-refractivity contribution in [3.05, 3.63) is 42.7 Å². The van der Waals surface area contributed by atoms with E-state index in [-0.39, 0.29) is 19.2 Å². The lowest BCUT2D eigenvalue weighted by Crippen LogP contribution is -2.28. The van der Waals surface area contributed by atoms with E-state index in [0.29, 0.717) is 22.9 Å². The normalized spacial score (nSPS) is 9.36. The number of benzene rings is 1. The van der Waals surface area contributed by atoms with Crippen molar-refractivity contribution in [3.8, 4) is 29.1 Å². The van der Waals surface area contributed by atoms with E-state index in [2.05, 4.69) is 27.5 Å². The van der Waals surface area contributed by atoms with Crippen LogP contribution >= 0.6 is 0 Å². The summed E-state index contributed by atoms with van der Waals surface area (Å²) >= 11 is 0. The van der Waals surface area contributed by atoms with Gasteiger partial charge in [-0.25, -0.2) is 4.79 Å². The highest BCUT2D eigenvalue weighted by Gasteiger charge is 2.06. The summed E-state index contributed by atoms with van der Waals surface area (Å²) in [6, 6.07) is 8.31. The quantitative estimate of drug-likeness (QED) is 0.788. The summed E-state index contributed by atoms with van der Waals surface area (Å²) < 4.78 is 15.7. The second-order valence-electron chi connectivity index (χ2n) is 4.71. The summed E-state index contributed by atoms with van der Waals surface area (Å²) in [5, 5.41) is 5.32. The molecule has 25 heavy (non-hydrogen) atoms. The molecule has 1 aromatic carbocycles. The van der Waals surface area contributed by atoms with Crippen molar-refractivity contribution in [3.63, 3.8) is 0 Å². The number of ether oxygens (including phenoxy) is 3. The summed E-state index contributed by atoms with van der Waals surface area (Å²) in [5.74, 6) is 7.38. The van der Waals surface area contributed by atoms with Crippen LogP contribution in [0.25, 0.3) is 0 Å². The van der Waals surface area contributed by atoms with Gasteiger partial charge in [0.1, 0.15) is 12.4 Å². The maximum Gasteiger partial charge on any atom is 0.319 e. The molecule has 7 heteroatoms. The van der Waals surface area contributed by atoms with Gasteiger partial charge < -0.3 is 24.8 Å². The van der Waals surface area contributed by atoms with Crippen LogP contribution in [0.15, 0.2) is 42.7 Å². The van der Waals surface area contributed by atoms with Gasteiger partial charge in [0, 0.05) is 18.0 Å². The first-order valence-corrected chi connectivity index (χ1v) is 7.48. The van der Waals surface area contributed by atoms with Crippen LogP contribution in [0.3, 0.4) is 0 Å². The number of methoxy groups -OCH3 is 2. The fraction of sp³-hybridized carbons (Fsp3) is 0.222. The molecule has 0 radical (unpaired) electrons. The van der Waals surface area contributed by atoms with E-state index >= 15 is 0 Å². The number of hydrogen-bond donors (Lipinski definition) is 2. The third-order valence-electron chi connectivity index (χ3n) is 3.05. The lowest BCUT2D eigenvalue weighted by molar-refractivity contribution is 0.253. The standard InChI is InChI=1S/C18H19N3O4/c1-23-16-8-7-14(12-17(16)24-2)21-18(22)20-10-3-4-11-25-15-6-5-9-19-13-15/h5-9,12-13H,10-11H2,1-2H3,(H2,20,21,22). The van der Waals surface area contributed by atoms with E-state index in [1.807, 2.05) is 0 Å². The van der Waals surface area contributed by atoms with Crippen LogP contribution in [0.2, 0.25) is 0 Å². The van der Waals surface area contributed by atoms with Gasteiger partial charge in [-0.2, -0.15) is 0 Å². The number of carbonyl (C=O) groups excluding carboxylic acids is 1. The number of pyridine rings is 1. The summed E-state index contributed by atoms with van der Waals surface area (Å²) in [6.07, 6.45) is 3.27. The molecule has 2 N–H and O–H groups in total. The Hall–Kier alpha value is -3.40. The highest BCUT2D eigenvalue weighted by molar-refractivity contribution is 5.89. The van der Waals surface area contributed by atoms with Gasteiger partial charge in [0.15, 0.2) is 11.5 Å². The van der Waals surface area contributed by atoms with Crippen molar-refractivity contribution < 1.29 is 19.0 Å². The van der Waals surface area contributed by atoms with Crippen molar-refractivity contribution in [1.29, 1.82) is 0 Å². The maximum atomic E-state index is 11.8. The number of hydrogen-bond acceptors (Lipinski definition) is 5. The third kappa shape index (κ3) is 5.95. The molecule has 7 nitrogen and oxygen atoms in total. The first-order chi connectivity index (χ1) is 12.2. The highest BCUT2D eigenvalue weighted by Crippen LogP contribution is 2.29. The van der Waals surface area contributed by atoms with E-state index in [9.17, 15) is 4.79 Å². The predicted molar refractivity (Wildman–Crippen MR) is 94.1 cm³/mol. The van der Waals surface area contributed by atoms with Crippen LogP contribution in [-0.4, -0.2) is 38.4 Å². The Bertz CT molecular complexity index is 754. The monoisotopic (exact) mass is 341 g/mol. The van der Waals surface area contributed by atoms with Crippen molar-refractivity contribution in [2.45, 2.75) is 0 Å². The average Bonchev–Trinajstić information content (AvgIpc) is 2.65. The van der Waals surface area contributed by atoms with Crippen LogP contribution in [-0.2, 0) is 0 Å². The molecule has 2 aromatic rings. The second-order valence-corrected chi connectivity index (χ2v) is 4.71. The molecule has 0 aliphatic carbocycles. The number of urea groups is 1. The fourth-order valence-electron chi connectivity index (χ4n) is 1.88. The molecular weight excluding hydrogens is 322 g/mol. The minimum absolute atomic E-state index is 0.204. The number of amides is 2. The Morgan fingerprint density at radius 3 is 2.72 bits per heavy atom. The van der Waals surface area contributed by atoms with Gasteiger partial charge in [-0.15, -0.1) is 0 Å². The third-order valence-corrected chi connectivity index (χ3v) is 3.05. The fourth-order valence-corrected chi connectivity index (χ4v) is 1.88. The zero-order valence-electron chi connectivity index (χ0n) is 14.0. The summed E-state index contributed by atoms with van der Waals surface area (Å²) in [4.78, 5) is 15.7. The van der Waals surface area contributed by atoms with E-state index in [1.54, 1.807) is 49.8 Å². The largest absolute Gasteiger partial charge is 0.493 e. The molecule has 0 unspecified atom stereocenters. The van der Waals surface area contributed by atoms with Gasteiger partial charge in [0.2, 0.25) is 0 Å². The van der Waals surface area contributed by atoms with Crippen LogP contribution in [0, 0.1) is 11.8 Å². The molecule has 0 fully saturated rings. The van der Waals surface area contributed by atoms with E-state index in [1.165, 1.54) is 7.11 Å². The zero-order chi connectivity index (χ0) is 17.9. The smallest absolute Gasteiger partial charge is 0.319 e. The van der Waals surface area contributed by atoms with Crippen LogP contribution < -0.4 is 24.8 Å². The Morgan fingerprint density at radius 2 is 2.00 bits per heavy atom. The van der Waals surface area contributed by atoms with Gasteiger partial charge in [-0.3, -0.25) is 4.98 Å². The molecule has 0 atom stereocenters. The molecule has 1 aromatic heterocycles. The Kier molecular flexibility index (Phi) is 6.95. The molecule has 2 rings (SSSR count).